The predicted octanol–water partition coefficient (Wildman–Crippen LogP) is 5.02. The zero-order valence-corrected chi connectivity index (χ0v) is 11.9. The van der Waals surface area contributed by atoms with Crippen LogP contribution in [0.3, 0.4) is 0 Å². The lowest BCUT2D eigenvalue weighted by molar-refractivity contribution is 0.131. The zero-order chi connectivity index (χ0) is 13.2. The van der Waals surface area contributed by atoms with Crippen LogP contribution in [-0.4, -0.2) is 5.60 Å². The third-order valence-electron chi connectivity index (χ3n) is 2.53. The fourth-order valence-electron chi connectivity index (χ4n) is 1.83. The molecule has 0 aliphatic carbocycles. The minimum atomic E-state index is -0.161. The monoisotopic (exact) mass is 232 g/mol. The van der Waals surface area contributed by atoms with Crippen molar-refractivity contribution in [3.63, 3.8) is 0 Å². The van der Waals surface area contributed by atoms with Gasteiger partial charge < -0.3 is 4.74 Å². The number of ether oxygens (including phenoxy) is 1. The van der Waals surface area contributed by atoms with Gasteiger partial charge in [-0.1, -0.05) is 32.1 Å². The number of allylic oxidation sites excluding steroid dienone is 1. The summed E-state index contributed by atoms with van der Waals surface area (Å²) in [6.45, 7) is 16.7. The average molecular weight is 232 g/mol. The van der Waals surface area contributed by atoms with Gasteiger partial charge in [0.1, 0.15) is 11.4 Å². The lowest BCUT2D eigenvalue weighted by Gasteiger charge is -2.23. The Hall–Kier alpha value is -1.24. The molecule has 0 radical (unpaired) electrons. The Morgan fingerprint density at radius 1 is 1.24 bits per heavy atom. The van der Waals surface area contributed by atoms with Gasteiger partial charge in [0.05, 0.1) is 0 Å². The van der Waals surface area contributed by atoms with Gasteiger partial charge in [0.2, 0.25) is 0 Å². The molecule has 0 aliphatic heterocycles. The Balaban J connectivity index is 3.15. The van der Waals surface area contributed by atoms with E-state index in [1.807, 2.05) is 13.0 Å². The normalized spacial score (nSPS) is 11.7. The number of hydrogen-bond acceptors (Lipinski definition) is 1. The van der Waals surface area contributed by atoms with Gasteiger partial charge in [-0.25, -0.2) is 0 Å². The largest absolute Gasteiger partial charge is 0.488 e. The van der Waals surface area contributed by atoms with Gasteiger partial charge in [-0.15, -0.1) is 0 Å². The number of benzene rings is 1. The summed E-state index contributed by atoms with van der Waals surface area (Å²) in [5.74, 6) is 1.42. The topological polar surface area (TPSA) is 9.23 Å². The fourth-order valence-corrected chi connectivity index (χ4v) is 1.83. The van der Waals surface area contributed by atoms with Crippen molar-refractivity contribution in [2.24, 2.45) is 0 Å². The Morgan fingerprint density at radius 3 is 2.24 bits per heavy atom. The Morgan fingerprint density at radius 2 is 1.82 bits per heavy atom. The van der Waals surface area contributed by atoms with Gasteiger partial charge in [-0.2, -0.15) is 0 Å². The maximum absolute atomic E-state index is 5.89. The molecule has 0 atom stereocenters. The van der Waals surface area contributed by atoms with Crippen LogP contribution < -0.4 is 4.74 Å². The van der Waals surface area contributed by atoms with Crippen molar-refractivity contribution < 1.29 is 4.74 Å². The fraction of sp³-hybridized carbons (Fsp3) is 0.500. The van der Waals surface area contributed by atoms with Crippen molar-refractivity contribution in [2.75, 3.05) is 0 Å². The standard InChI is InChI=1S/C16H24O/c1-11(2)14-9-8-13(17-16(5,6)7)10-15(14)12(3)4/h8-11H,3H2,1-2,4-7H3. The van der Waals surface area contributed by atoms with Crippen LogP contribution in [0.2, 0.25) is 0 Å². The summed E-state index contributed by atoms with van der Waals surface area (Å²) in [5, 5.41) is 0. The molecule has 1 aromatic carbocycles. The molecule has 1 aromatic rings. The van der Waals surface area contributed by atoms with E-state index in [1.54, 1.807) is 0 Å². The molecule has 0 bridgehead atoms. The van der Waals surface area contributed by atoms with Crippen LogP contribution in [0.4, 0.5) is 0 Å². The second kappa shape index (κ2) is 4.95. The third kappa shape index (κ3) is 3.92. The van der Waals surface area contributed by atoms with Crippen molar-refractivity contribution in [3.05, 3.63) is 35.9 Å². The Bertz CT molecular complexity index is 408. The molecule has 0 N–H and O–H groups in total. The average Bonchev–Trinajstić information content (AvgIpc) is 2.14. The summed E-state index contributed by atoms with van der Waals surface area (Å²) in [6.07, 6.45) is 0. The molecule has 0 aliphatic rings. The lowest BCUT2D eigenvalue weighted by atomic mass is 9.93. The zero-order valence-electron chi connectivity index (χ0n) is 11.9. The van der Waals surface area contributed by atoms with Crippen molar-refractivity contribution in [2.45, 2.75) is 53.1 Å². The molecular weight excluding hydrogens is 208 g/mol. The van der Waals surface area contributed by atoms with Gasteiger partial charge in [-0.05, 0) is 56.9 Å². The maximum atomic E-state index is 5.89. The van der Waals surface area contributed by atoms with Crippen molar-refractivity contribution >= 4 is 5.57 Å². The first-order valence-corrected chi connectivity index (χ1v) is 6.19. The van der Waals surface area contributed by atoms with Crippen molar-refractivity contribution in [3.8, 4) is 5.75 Å². The van der Waals surface area contributed by atoms with Crippen LogP contribution in [0, 0.1) is 0 Å². The molecule has 17 heavy (non-hydrogen) atoms. The molecule has 0 aromatic heterocycles. The Labute approximate surface area is 106 Å². The lowest BCUT2D eigenvalue weighted by Crippen LogP contribution is -2.23. The van der Waals surface area contributed by atoms with E-state index in [9.17, 15) is 0 Å². The second-order valence-electron chi connectivity index (χ2n) is 5.90. The molecule has 1 rings (SSSR count). The molecule has 0 heterocycles. The van der Waals surface area contributed by atoms with Gasteiger partial charge in [0, 0.05) is 0 Å². The van der Waals surface area contributed by atoms with Crippen LogP contribution in [-0.2, 0) is 0 Å². The van der Waals surface area contributed by atoms with E-state index < -0.39 is 0 Å². The van der Waals surface area contributed by atoms with Gasteiger partial charge in [-0.3, -0.25) is 0 Å². The highest BCUT2D eigenvalue weighted by molar-refractivity contribution is 5.66. The van der Waals surface area contributed by atoms with Gasteiger partial charge in [0.15, 0.2) is 0 Å². The summed E-state index contributed by atoms with van der Waals surface area (Å²) in [4.78, 5) is 0. The van der Waals surface area contributed by atoms with E-state index in [0.717, 1.165) is 11.3 Å². The van der Waals surface area contributed by atoms with E-state index in [0.29, 0.717) is 5.92 Å². The molecule has 0 amide bonds. The first-order valence-electron chi connectivity index (χ1n) is 6.19. The summed E-state index contributed by atoms with van der Waals surface area (Å²) in [5.41, 5.74) is 3.47. The van der Waals surface area contributed by atoms with E-state index in [2.05, 4.69) is 53.3 Å². The van der Waals surface area contributed by atoms with Crippen LogP contribution in [0.5, 0.6) is 5.75 Å². The third-order valence-corrected chi connectivity index (χ3v) is 2.53. The summed E-state index contributed by atoms with van der Waals surface area (Å²) < 4.78 is 5.89. The smallest absolute Gasteiger partial charge is 0.120 e. The molecule has 0 fully saturated rings. The van der Waals surface area contributed by atoms with E-state index in [1.165, 1.54) is 11.1 Å². The van der Waals surface area contributed by atoms with Crippen LogP contribution in [0.15, 0.2) is 24.8 Å². The summed E-state index contributed by atoms with van der Waals surface area (Å²) >= 11 is 0. The minimum absolute atomic E-state index is 0.161. The Kier molecular flexibility index (Phi) is 4.03. The van der Waals surface area contributed by atoms with Crippen LogP contribution in [0.1, 0.15) is 58.6 Å². The number of hydrogen-bond donors (Lipinski definition) is 0. The summed E-state index contributed by atoms with van der Waals surface area (Å²) in [7, 11) is 0. The maximum Gasteiger partial charge on any atom is 0.120 e. The quantitative estimate of drug-likeness (QED) is 0.711. The molecule has 1 heteroatoms. The van der Waals surface area contributed by atoms with Crippen molar-refractivity contribution in [1.29, 1.82) is 0 Å². The molecule has 0 unspecified atom stereocenters. The molecular formula is C16H24O. The summed E-state index contributed by atoms with van der Waals surface area (Å²) in [6, 6.07) is 6.30. The van der Waals surface area contributed by atoms with E-state index >= 15 is 0 Å². The van der Waals surface area contributed by atoms with Crippen LogP contribution in [0.25, 0.3) is 5.57 Å². The molecule has 0 saturated carbocycles. The molecule has 0 saturated heterocycles. The second-order valence-corrected chi connectivity index (χ2v) is 5.90. The van der Waals surface area contributed by atoms with Gasteiger partial charge in [0.25, 0.3) is 0 Å². The van der Waals surface area contributed by atoms with Gasteiger partial charge >= 0.3 is 0 Å². The van der Waals surface area contributed by atoms with Crippen LogP contribution >= 0.6 is 0 Å². The highest BCUT2D eigenvalue weighted by atomic mass is 16.5. The first-order chi connectivity index (χ1) is 7.70. The number of rotatable bonds is 3. The highest BCUT2D eigenvalue weighted by Crippen LogP contribution is 2.30. The molecule has 0 spiro atoms. The van der Waals surface area contributed by atoms with E-state index in [4.69, 9.17) is 4.74 Å². The van der Waals surface area contributed by atoms with E-state index in [-0.39, 0.29) is 5.60 Å². The molecule has 1 nitrogen and oxygen atoms in total. The molecule has 94 valence electrons. The predicted molar refractivity (Wildman–Crippen MR) is 75.6 cm³/mol. The SMILES string of the molecule is C=C(C)c1cc(OC(C)(C)C)ccc1C(C)C. The first kappa shape index (κ1) is 13.8. The van der Waals surface area contributed by atoms with Crippen molar-refractivity contribution in [1.82, 2.24) is 0 Å². The highest BCUT2D eigenvalue weighted by Gasteiger charge is 2.14. The minimum Gasteiger partial charge on any atom is -0.488 e.